The van der Waals surface area contributed by atoms with Crippen LogP contribution < -0.4 is 31.1 Å². The second kappa shape index (κ2) is 18.1. The van der Waals surface area contributed by atoms with Gasteiger partial charge in [0.05, 0.1) is 11.7 Å². The van der Waals surface area contributed by atoms with E-state index in [4.69, 9.17) is 4.52 Å². The molecule has 0 spiro atoms. The third-order valence-corrected chi connectivity index (χ3v) is 12.1. The van der Waals surface area contributed by atoms with E-state index in [1.165, 1.54) is 6.33 Å². The van der Waals surface area contributed by atoms with E-state index in [1.807, 2.05) is 43.3 Å². The molecule has 0 saturated carbocycles. The number of nitrogens with zero attached hydrogens (tertiary/aromatic N) is 6. The number of benzene rings is 3. The Balaban J connectivity index is 0.799. The molecular weight excluding hydrogens is 828 g/mol. The Hall–Kier alpha value is -6.82. The fourth-order valence-electron chi connectivity index (χ4n) is 8.08. The van der Waals surface area contributed by atoms with Crippen LogP contribution >= 0.6 is 0 Å². The second-order valence-electron chi connectivity index (χ2n) is 16.9. The Morgan fingerprint density at radius 2 is 1.64 bits per heavy atom. The van der Waals surface area contributed by atoms with Crippen LogP contribution in [0.25, 0.3) is 33.5 Å². The summed E-state index contributed by atoms with van der Waals surface area (Å²) in [5.74, 6) is -1.55. The van der Waals surface area contributed by atoms with E-state index in [0.29, 0.717) is 24.5 Å². The molecule has 3 aromatic heterocycles. The summed E-state index contributed by atoms with van der Waals surface area (Å²) in [5, 5.41) is 16.6. The van der Waals surface area contributed by atoms with Crippen LogP contribution in [0.3, 0.4) is 0 Å². The molecule has 8 rings (SSSR count). The maximum Gasteiger partial charge on any atom is 0.402 e. The average Bonchev–Trinajstić information content (AvgIpc) is 3.96. The quantitative estimate of drug-likeness (QED) is 0.0676. The number of piperidine rings is 1. The van der Waals surface area contributed by atoms with Gasteiger partial charge in [0.2, 0.25) is 11.8 Å². The molecule has 2 fully saturated rings. The number of alkyl halides is 3. The van der Waals surface area contributed by atoms with E-state index in [0.717, 1.165) is 116 Å². The lowest BCUT2D eigenvalue weighted by molar-refractivity contribution is -0.186. The molecule has 2 saturated heterocycles. The highest BCUT2D eigenvalue weighted by Gasteiger charge is 2.53. The first-order valence-corrected chi connectivity index (χ1v) is 21.3. The molecule has 6 aromatic rings. The SMILES string of the molecule is Cc1cc(-c2ncnc3[nH]c(-c4ccc(NCCNCC5CCN(c6ccc(N7CCC(=O)NC7=O)cc6)CC5)cc4)cc23)ccc1[C@@H](C)NC(=O)c1noc(C(C)(C)C(F)(F)F)n1. The number of aromatic nitrogens is 5. The highest BCUT2D eigenvalue weighted by molar-refractivity contribution is 6.05. The van der Waals surface area contributed by atoms with E-state index >= 15 is 0 Å². The number of amides is 4. The van der Waals surface area contributed by atoms with Gasteiger partial charge in [-0.15, -0.1) is 0 Å². The summed E-state index contributed by atoms with van der Waals surface area (Å²) in [4.78, 5) is 56.8. The first-order chi connectivity index (χ1) is 30.6. The largest absolute Gasteiger partial charge is 0.402 e. The zero-order valence-electron chi connectivity index (χ0n) is 36.0. The van der Waals surface area contributed by atoms with Crippen molar-refractivity contribution >= 4 is 45.9 Å². The molecule has 1 atom stereocenters. The van der Waals surface area contributed by atoms with Crippen LogP contribution in [-0.4, -0.2) is 88.4 Å². The minimum atomic E-state index is -4.64. The molecule has 18 heteroatoms. The first kappa shape index (κ1) is 43.8. The summed E-state index contributed by atoms with van der Waals surface area (Å²) in [7, 11) is 0. The normalized spacial score (nSPS) is 15.7. The minimum absolute atomic E-state index is 0.236. The zero-order chi connectivity index (χ0) is 45.2. The number of aryl methyl sites for hydroxylation is 1. The Morgan fingerprint density at radius 1 is 0.922 bits per heavy atom. The molecule has 5 N–H and O–H groups in total. The molecule has 15 nitrogen and oxygen atoms in total. The lowest BCUT2D eigenvalue weighted by atomic mass is 9.93. The van der Waals surface area contributed by atoms with Gasteiger partial charge in [-0.25, -0.2) is 14.8 Å². The summed E-state index contributed by atoms with van der Waals surface area (Å²) in [6.07, 6.45) is -0.622. The number of fused-ring (bicyclic) bond motifs is 1. The van der Waals surface area contributed by atoms with Crippen molar-refractivity contribution in [2.24, 2.45) is 5.92 Å². The van der Waals surface area contributed by atoms with Crippen LogP contribution in [0.4, 0.5) is 35.0 Å². The number of H-pyrrole nitrogens is 1. The van der Waals surface area contributed by atoms with Crippen LogP contribution in [0.5, 0.6) is 0 Å². The van der Waals surface area contributed by atoms with Gasteiger partial charge in [-0.05, 0) is 118 Å². The summed E-state index contributed by atoms with van der Waals surface area (Å²) in [5.41, 5.74) is 6.37. The van der Waals surface area contributed by atoms with E-state index in [2.05, 4.69) is 87.7 Å². The molecule has 0 unspecified atom stereocenters. The van der Waals surface area contributed by atoms with Crippen LogP contribution in [-0.2, 0) is 10.2 Å². The van der Waals surface area contributed by atoms with Crippen molar-refractivity contribution in [1.82, 2.24) is 41.0 Å². The molecule has 2 aliphatic heterocycles. The Bertz CT molecular complexity index is 2640. The topological polar surface area (TPSA) is 186 Å². The van der Waals surface area contributed by atoms with E-state index in [1.54, 1.807) is 11.8 Å². The van der Waals surface area contributed by atoms with Crippen LogP contribution in [0.15, 0.2) is 83.6 Å². The summed E-state index contributed by atoms with van der Waals surface area (Å²) in [6, 6.07) is 23.1. The monoisotopic (exact) mass is 877 g/mol. The molecule has 4 amide bonds. The fourth-order valence-corrected chi connectivity index (χ4v) is 8.08. The van der Waals surface area contributed by atoms with E-state index in [9.17, 15) is 27.6 Å². The van der Waals surface area contributed by atoms with Gasteiger partial charge in [-0.2, -0.15) is 18.2 Å². The Morgan fingerprint density at radius 3 is 2.34 bits per heavy atom. The number of urea groups is 1. The van der Waals surface area contributed by atoms with Crippen molar-refractivity contribution in [3.05, 3.63) is 102 Å². The molecule has 2 aliphatic rings. The van der Waals surface area contributed by atoms with Crippen LogP contribution in [0.1, 0.15) is 73.7 Å². The maximum atomic E-state index is 13.5. The van der Waals surface area contributed by atoms with Gasteiger partial charge in [0.15, 0.2) is 0 Å². The summed E-state index contributed by atoms with van der Waals surface area (Å²) < 4.78 is 45.2. The predicted molar refractivity (Wildman–Crippen MR) is 237 cm³/mol. The van der Waals surface area contributed by atoms with Gasteiger partial charge in [-0.1, -0.05) is 29.4 Å². The number of imide groups is 1. The highest BCUT2D eigenvalue weighted by Crippen LogP contribution is 2.39. The van der Waals surface area contributed by atoms with Gasteiger partial charge in [0, 0.05) is 72.9 Å². The van der Waals surface area contributed by atoms with Crippen LogP contribution in [0.2, 0.25) is 0 Å². The number of rotatable bonds is 14. The number of anilines is 3. The third-order valence-electron chi connectivity index (χ3n) is 12.1. The maximum absolute atomic E-state index is 13.5. The van der Waals surface area contributed by atoms with Crippen molar-refractivity contribution in [2.45, 2.75) is 64.6 Å². The average molecular weight is 878 g/mol. The Kier molecular flexibility index (Phi) is 12.4. The minimum Gasteiger partial charge on any atom is -0.384 e. The van der Waals surface area contributed by atoms with Gasteiger partial charge < -0.3 is 30.4 Å². The lowest BCUT2D eigenvalue weighted by Gasteiger charge is -2.34. The van der Waals surface area contributed by atoms with Gasteiger partial charge in [-0.3, -0.25) is 19.8 Å². The lowest BCUT2D eigenvalue weighted by Crippen LogP contribution is -2.49. The molecule has 5 heterocycles. The van der Waals surface area contributed by atoms with Crippen molar-refractivity contribution in [3.63, 3.8) is 0 Å². The number of hydrogen-bond acceptors (Lipinski definition) is 11. The van der Waals surface area contributed by atoms with Crippen molar-refractivity contribution in [2.75, 3.05) is 54.4 Å². The standard InChI is InChI=1S/C46H50F3N11O4/c1-27-23-31(7-14-35(27)28(2)54-42(62)41-57-43(64-58-41)45(3,4)46(47,48)49)39-36-24-37(55-40(36)53-26-52-39)30-5-8-32(9-6-30)51-19-18-50-25-29-15-20-59(21-16-29)33-10-12-34(13-11-33)60-22-17-38(61)56-44(60)63/h5-14,23-24,26,28-29,50-51H,15-22,25H2,1-4H3,(H,54,62)(H,52,53,55)(H,56,61,63)/t28-/m1/s1. The fraction of sp³-hybridized carbons (Fsp3) is 0.370. The molecule has 334 valence electrons. The number of carbonyl (C=O) groups is 3. The third kappa shape index (κ3) is 9.41. The number of hydrogen-bond donors (Lipinski definition) is 5. The number of nitrogens with one attached hydrogen (secondary N) is 5. The number of halogens is 3. The molecule has 64 heavy (non-hydrogen) atoms. The zero-order valence-corrected chi connectivity index (χ0v) is 36.0. The second-order valence-corrected chi connectivity index (χ2v) is 16.9. The van der Waals surface area contributed by atoms with Gasteiger partial charge in [0.1, 0.15) is 17.4 Å². The molecule has 0 aliphatic carbocycles. The summed E-state index contributed by atoms with van der Waals surface area (Å²) in [6.45, 7) is 10.4. The first-order valence-electron chi connectivity index (χ1n) is 21.3. The summed E-state index contributed by atoms with van der Waals surface area (Å²) >= 11 is 0. The molecular formula is C46H50F3N11O4. The predicted octanol–water partition coefficient (Wildman–Crippen LogP) is 7.68. The van der Waals surface area contributed by atoms with Crippen molar-refractivity contribution < 1.29 is 32.1 Å². The van der Waals surface area contributed by atoms with E-state index < -0.39 is 35.3 Å². The smallest absolute Gasteiger partial charge is 0.384 e. The molecule has 0 bridgehead atoms. The van der Waals surface area contributed by atoms with Crippen molar-refractivity contribution in [3.8, 4) is 22.5 Å². The molecule has 0 radical (unpaired) electrons. The Labute approximate surface area is 367 Å². The number of aromatic amines is 1. The highest BCUT2D eigenvalue weighted by atomic mass is 19.4. The molecule has 3 aromatic carbocycles. The van der Waals surface area contributed by atoms with Crippen molar-refractivity contribution in [1.29, 1.82) is 0 Å². The van der Waals surface area contributed by atoms with Gasteiger partial charge >= 0.3 is 12.2 Å². The number of carbonyl (C=O) groups excluding carboxylic acids is 3. The van der Waals surface area contributed by atoms with Gasteiger partial charge in [0.25, 0.3) is 11.7 Å². The van der Waals surface area contributed by atoms with E-state index in [-0.39, 0.29) is 11.9 Å². The van der Waals surface area contributed by atoms with Crippen LogP contribution in [0, 0.1) is 12.8 Å².